The summed E-state index contributed by atoms with van der Waals surface area (Å²) in [4.78, 5) is 33.8. The van der Waals surface area contributed by atoms with Gasteiger partial charge in [0.25, 0.3) is 5.56 Å². The zero-order valence-electron chi connectivity index (χ0n) is 20.3. The molecule has 0 atom stereocenters. The zero-order chi connectivity index (χ0) is 26.5. The van der Waals surface area contributed by atoms with Gasteiger partial charge in [0, 0.05) is 22.6 Å². The summed E-state index contributed by atoms with van der Waals surface area (Å²) in [7, 11) is 0. The Morgan fingerprint density at radius 1 is 0.868 bits per heavy atom. The lowest BCUT2D eigenvalue weighted by atomic mass is 10.1. The van der Waals surface area contributed by atoms with Crippen LogP contribution in [-0.4, -0.2) is 26.1 Å². The summed E-state index contributed by atoms with van der Waals surface area (Å²) in [5, 5.41) is 1.50. The van der Waals surface area contributed by atoms with Crippen molar-refractivity contribution < 1.29 is 4.79 Å². The van der Waals surface area contributed by atoms with Gasteiger partial charge in [-0.3, -0.25) is 14.2 Å². The van der Waals surface area contributed by atoms with Gasteiger partial charge in [0.2, 0.25) is 5.91 Å². The van der Waals surface area contributed by atoms with Crippen molar-refractivity contribution >= 4 is 56.1 Å². The minimum absolute atomic E-state index is 0.0458. The molecular formula is C30H23BrClN3O2S. The van der Waals surface area contributed by atoms with Gasteiger partial charge in [0.05, 0.1) is 22.3 Å². The normalized spacial score (nSPS) is 11.0. The maximum atomic E-state index is 13.6. The number of halogens is 2. The van der Waals surface area contributed by atoms with Gasteiger partial charge in [-0.2, -0.15) is 0 Å². The molecule has 0 aliphatic carbocycles. The highest BCUT2D eigenvalue weighted by atomic mass is 79.9. The van der Waals surface area contributed by atoms with E-state index in [1.165, 1.54) is 11.8 Å². The maximum absolute atomic E-state index is 13.6. The molecular weight excluding hydrogens is 582 g/mol. The summed E-state index contributed by atoms with van der Waals surface area (Å²) in [6.45, 7) is 0.969. The van der Waals surface area contributed by atoms with Crippen LogP contribution in [0.4, 0.5) is 0 Å². The molecule has 1 aromatic heterocycles. The van der Waals surface area contributed by atoms with Gasteiger partial charge in [-0.25, -0.2) is 4.98 Å². The summed E-state index contributed by atoms with van der Waals surface area (Å²) < 4.78 is 2.33. The Labute approximate surface area is 238 Å². The number of fused-ring (bicyclic) bond motifs is 1. The molecule has 190 valence electrons. The third kappa shape index (κ3) is 6.18. The third-order valence-corrected chi connectivity index (χ3v) is 7.66. The molecule has 0 unspecified atom stereocenters. The molecule has 4 aromatic carbocycles. The second-order valence-corrected chi connectivity index (χ2v) is 11.0. The Bertz CT molecular complexity index is 1590. The number of aromatic nitrogens is 2. The van der Waals surface area contributed by atoms with Crippen LogP contribution in [0.15, 0.2) is 118 Å². The Balaban J connectivity index is 1.47. The molecule has 8 heteroatoms. The van der Waals surface area contributed by atoms with Crippen molar-refractivity contribution in [1.29, 1.82) is 0 Å². The molecule has 0 fully saturated rings. The van der Waals surface area contributed by atoms with Gasteiger partial charge in [0.1, 0.15) is 0 Å². The molecule has 0 saturated heterocycles. The largest absolute Gasteiger partial charge is 0.333 e. The second-order valence-electron chi connectivity index (χ2n) is 8.68. The van der Waals surface area contributed by atoms with Crippen molar-refractivity contribution in [3.05, 3.63) is 134 Å². The van der Waals surface area contributed by atoms with Gasteiger partial charge < -0.3 is 4.90 Å². The fourth-order valence-corrected chi connectivity index (χ4v) is 5.51. The molecule has 0 saturated carbocycles. The molecule has 1 amide bonds. The Morgan fingerprint density at radius 3 is 2.08 bits per heavy atom. The standard InChI is InChI=1S/C30H23BrClN3O2S/c31-23-11-16-27-26(17-23)29(37)35(25-14-12-24(32)13-15-25)30(33-27)38-20-28(36)34(18-21-7-3-1-4-8-21)19-22-9-5-2-6-10-22/h1-17H,18-20H2. The Kier molecular flexibility index (Phi) is 8.27. The zero-order valence-corrected chi connectivity index (χ0v) is 23.4. The fraction of sp³-hybridized carbons (Fsp3) is 0.100. The summed E-state index contributed by atoms with van der Waals surface area (Å²) in [6.07, 6.45) is 0. The Morgan fingerprint density at radius 2 is 1.47 bits per heavy atom. The molecule has 1 heterocycles. The van der Waals surface area contributed by atoms with Crippen LogP contribution >= 0.6 is 39.3 Å². The van der Waals surface area contributed by atoms with Crippen LogP contribution in [0.3, 0.4) is 0 Å². The number of hydrogen-bond acceptors (Lipinski definition) is 4. The van der Waals surface area contributed by atoms with E-state index in [-0.39, 0.29) is 17.2 Å². The van der Waals surface area contributed by atoms with Crippen molar-refractivity contribution in [1.82, 2.24) is 14.5 Å². The predicted octanol–water partition coefficient (Wildman–Crippen LogP) is 7.12. The van der Waals surface area contributed by atoms with E-state index in [2.05, 4.69) is 15.9 Å². The number of rotatable bonds is 8. The SMILES string of the molecule is O=C(CSc1nc2ccc(Br)cc2c(=O)n1-c1ccc(Cl)cc1)N(Cc1ccccc1)Cc1ccccc1. The van der Waals surface area contributed by atoms with Gasteiger partial charge in [0.15, 0.2) is 5.16 Å². The summed E-state index contributed by atoms with van der Waals surface area (Å²) in [5.74, 6) is 0.0809. The number of benzene rings is 4. The lowest BCUT2D eigenvalue weighted by Crippen LogP contribution is -2.32. The highest BCUT2D eigenvalue weighted by Gasteiger charge is 2.19. The van der Waals surface area contributed by atoms with E-state index in [1.807, 2.05) is 71.6 Å². The van der Waals surface area contributed by atoms with Crippen LogP contribution < -0.4 is 5.56 Å². The number of carbonyl (C=O) groups is 1. The lowest BCUT2D eigenvalue weighted by Gasteiger charge is -2.23. The lowest BCUT2D eigenvalue weighted by molar-refractivity contribution is -0.129. The first-order chi connectivity index (χ1) is 18.5. The van der Waals surface area contributed by atoms with E-state index in [0.29, 0.717) is 39.9 Å². The third-order valence-electron chi connectivity index (χ3n) is 5.99. The summed E-state index contributed by atoms with van der Waals surface area (Å²) in [5.41, 5.74) is 3.10. The predicted molar refractivity (Wildman–Crippen MR) is 158 cm³/mol. The van der Waals surface area contributed by atoms with Crippen molar-refractivity contribution in [2.75, 3.05) is 5.75 Å². The quantitative estimate of drug-likeness (QED) is 0.140. The molecule has 0 aliphatic rings. The van der Waals surface area contributed by atoms with Crippen molar-refractivity contribution in [2.24, 2.45) is 0 Å². The molecule has 0 bridgehead atoms. The van der Waals surface area contributed by atoms with Gasteiger partial charge in [-0.05, 0) is 53.6 Å². The number of carbonyl (C=O) groups excluding carboxylic acids is 1. The van der Waals surface area contributed by atoms with E-state index >= 15 is 0 Å². The van der Waals surface area contributed by atoms with Crippen LogP contribution in [0.5, 0.6) is 0 Å². The van der Waals surface area contributed by atoms with E-state index in [4.69, 9.17) is 16.6 Å². The Hall–Kier alpha value is -3.39. The minimum atomic E-state index is -0.209. The topological polar surface area (TPSA) is 55.2 Å². The fourth-order valence-electron chi connectivity index (χ4n) is 4.11. The summed E-state index contributed by atoms with van der Waals surface area (Å²) >= 11 is 10.8. The first kappa shape index (κ1) is 26.2. The smallest absolute Gasteiger partial charge is 0.266 e. The number of thioether (sulfide) groups is 1. The van der Waals surface area contributed by atoms with Crippen molar-refractivity contribution in [3.63, 3.8) is 0 Å². The average molecular weight is 605 g/mol. The monoisotopic (exact) mass is 603 g/mol. The second kappa shape index (κ2) is 12.0. The average Bonchev–Trinajstić information content (AvgIpc) is 2.94. The number of nitrogens with zero attached hydrogens (tertiary/aromatic N) is 3. The first-order valence-corrected chi connectivity index (χ1v) is 14.1. The van der Waals surface area contributed by atoms with Crippen molar-refractivity contribution in [3.8, 4) is 5.69 Å². The summed E-state index contributed by atoms with van der Waals surface area (Å²) in [6, 6.07) is 32.3. The van der Waals surface area contributed by atoms with Crippen LogP contribution in [0.25, 0.3) is 16.6 Å². The van der Waals surface area contributed by atoms with Crippen LogP contribution in [-0.2, 0) is 17.9 Å². The van der Waals surface area contributed by atoms with E-state index < -0.39 is 0 Å². The van der Waals surface area contributed by atoms with E-state index in [1.54, 1.807) is 41.0 Å². The molecule has 0 aliphatic heterocycles. The highest BCUT2D eigenvalue weighted by Crippen LogP contribution is 2.25. The highest BCUT2D eigenvalue weighted by molar-refractivity contribution is 9.10. The van der Waals surface area contributed by atoms with Crippen LogP contribution in [0.1, 0.15) is 11.1 Å². The minimum Gasteiger partial charge on any atom is -0.333 e. The molecule has 0 spiro atoms. The molecule has 38 heavy (non-hydrogen) atoms. The van der Waals surface area contributed by atoms with Crippen molar-refractivity contribution in [2.45, 2.75) is 18.2 Å². The van der Waals surface area contributed by atoms with E-state index in [0.717, 1.165) is 15.6 Å². The van der Waals surface area contributed by atoms with Crippen LogP contribution in [0, 0.1) is 0 Å². The number of amides is 1. The molecule has 5 rings (SSSR count). The molecule has 5 nitrogen and oxygen atoms in total. The first-order valence-electron chi connectivity index (χ1n) is 11.9. The number of hydrogen-bond donors (Lipinski definition) is 0. The van der Waals surface area contributed by atoms with Gasteiger partial charge >= 0.3 is 0 Å². The molecule has 5 aromatic rings. The van der Waals surface area contributed by atoms with Gasteiger partial charge in [-0.1, -0.05) is 100.0 Å². The van der Waals surface area contributed by atoms with E-state index in [9.17, 15) is 9.59 Å². The van der Waals surface area contributed by atoms with Gasteiger partial charge in [-0.15, -0.1) is 0 Å². The molecule has 0 N–H and O–H groups in total. The maximum Gasteiger partial charge on any atom is 0.266 e. The van der Waals surface area contributed by atoms with Crippen LogP contribution in [0.2, 0.25) is 5.02 Å². The molecule has 0 radical (unpaired) electrons.